The third-order valence-corrected chi connectivity index (χ3v) is 6.09. The Morgan fingerprint density at radius 2 is 0.889 bits per heavy atom. The van der Waals surface area contributed by atoms with E-state index < -0.39 is 15.5 Å². The van der Waals surface area contributed by atoms with Crippen LogP contribution in [-0.4, -0.2) is 39.4 Å². The Labute approximate surface area is 217 Å². The molecule has 0 aliphatic carbocycles. The van der Waals surface area contributed by atoms with Crippen LogP contribution in [0.15, 0.2) is 60.7 Å². The minimum absolute atomic E-state index is 0.139. The van der Waals surface area contributed by atoms with Gasteiger partial charge in [-0.05, 0) is 65.8 Å². The maximum Gasteiger partial charge on any atom is 0.229 e. The van der Waals surface area contributed by atoms with Crippen molar-refractivity contribution in [1.82, 2.24) is 0 Å². The van der Waals surface area contributed by atoms with Gasteiger partial charge in [0, 0.05) is 11.4 Å². The first-order valence-corrected chi connectivity index (χ1v) is 15.4. The molecule has 0 aromatic heterocycles. The van der Waals surface area contributed by atoms with Crippen molar-refractivity contribution in [3.8, 4) is 0 Å². The van der Waals surface area contributed by atoms with Gasteiger partial charge in [0.15, 0.2) is 0 Å². The molecule has 0 aliphatic heterocycles. The van der Waals surface area contributed by atoms with E-state index in [0.29, 0.717) is 11.4 Å². The average Bonchev–Trinajstić information content (AvgIpc) is 2.82. The summed E-state index contributed by atoms with van der Waals surface area (Å²) >= 11 is 0. The first-order chi connectivity index (χ1) is 17.1. The van der Waals surface area contributed by atoms with Gasteiger partial charge in [0.1, 0.15) is 0 Å². The van der Waals surface area contributed by atoms with Crippen molar-refractivity contribution >= 4 is 26.9 Å². The highest BCUT2D eigenvalue weighted by Crippen LogP contribution is 2.37. The van der Waals surface area contributed by atoms with Crippen LogP contribution in [0.1, 0.15) is 41.5 Å². The quantitative estimate of drug-likeness (QED) is 0.295. The second-order valence-corrected chi connectivity index (χ2v) is 9.95. The van der Waals surface area contributed by atoms with Crippen molar-refractivity contribution in [2.75, 3.05) is 49.6 Å². The second kappa shape index (κ2) is 23.6. The Morgan fingerprint density at radius 1 is 0.611 bits per heavy atom. The standard InChI is InChI=1S/2C8H12NO3P.2C4H11N/c2*1-2-12-13(10,11)9-8-6-4-3-5-7-8;2*1-3-5-4-2/h2*3-7H,2H2,1H3,(H2,9,10,11);2*5H,3-4H2,1-2H3. The van der Waals surface area contributed by atoms with E-state index in [1.165, 1.54) is 26.2 Å². The molecule has 2 aromatic rings. The maximum atomic E-state index is 11.1. The molecule has 0 bridgehead atoms. The Hall–Kier alpha value is -1.74. The fourth-order valence-corrected chi connectivity index (χ4v) is 4.06. The molecule has 10 nitrogen and oxygen atoms in total. The van der Waals surface area contributed by atoms with E-state index in [1.54, 1.807) is 62.4 Å². The molecule has 2 atom stereocenters. The monoisotopic (exact) mass is 548 g/mol. The molecule has 0 heterocycles. The van der Waals surface area contributed by atoms with Crippen LogP contribution in [0.2, 0.25) is 0 Å². The summed E-state index contributed by atoms with van der Waals surface area (Å²) < 4.78 is 31.2. The van der Waals surface area contributed by atoms with Crippen LogP contribution in [0.3, 0.4) is 0 Å². The first kappa shape index (κ1) is 36.4. The molecule has 12 heteroatoms. The molecular weight excluding hydrogens is 502 g/mol. The van der Waals surface area contributed by atoms with Gasteiger partial charge in [0.2, 0.25) is 15.5 Å². The van der Waals surface area contributed by atoms with Crippen molar-refractivity contribution in [2.24, 2.45) is 0 Å². The summed E-state index contributed by atoms with van der Waals surface area (Å²) in [7, 11) is -7.83. The van der Waals surface area contributed by atoms with Crippen LogP contribution >= 0.6 is 15.5 Å². The normalized spacial score (nSPS) is 13.1. The van der Waals surface area contributed by atoms with Gasteiger partial charge in [-0.3, -0.25) is 9.13 Å². The van der Waals surface area contributed by atoms with E-state index in [0.717, 1.165) is 0 Å². The Balaban J connectivity index is 0. The molecular formula is C24H46N4O6P2. The summed E-state index contributed by atoms with van der Waals surface area (Å²) in [5, 5.41) is 9.09. The van der Waals surface area contributed by atoms with Gasteiger partial charge in [-0.25, -0.2) is 0 Å². The van der Waals surface area contributed by atoms with Gasteiger partial charge in [-0.2, -0.15) is 0 Å². The summed E-state index contributed by atoms with van der Waals surface area (Å²) in [6.07, 6.45) is 0. The predicted octanol–water partition coefficient (Wildman–Crippen LogP) is 2.39. The highest BCUT2D eigenvalue weighted by molar-refractivity contribution is 7.53. The van der Waals surface area contributed by atoms with E-state index in [2.05, 4.69) is 57.6 Å². The predicted molar refractivity (Wildman–Crippen MR) is 145 cm³/mol. The van der Waals surface area contributed by atoms with Crippen molar-refractivity contribution in [2.45, 2.75) is 41.5 Å². The average molecular weight is 549 g/mol. The molecule has 0 radical (unpaired) electrons. The van der Waals surface area contributed by atoms with Crippen LogP contribution in [0.25, 0.3) is 0 Å². The molecule has 0 aliphatic rings. The smallest absolute Gasteiger partial charge is 0.229 e. The lowest BCUT2D eigenvalue weighted by molar-refractivity contribution is -0.648. The molecule has 0 saturated heterocycles. The molecule has 2 rings (SSSR count). The minimum atomic E-state index is -3.91. The first-order valence-electron chi connectivity index (χ1n) is 12.3. The third-order valence-electron chi connectivity index (χ3n) is 3.83. The van der Waals surface area contributed by atoms with Gasteiger partial charge in [0.25, 0.3) is 0 Å². The molecule has 2 aromatic carbocycles. The van der Waals surface area contributed by atoms with E-state index in [4.69, 9.17) is 0 Å². The zero-order valence-corrected chi connectivity index (χ0v) is 24.3. The van der Waals surface area contributed by atoms with Crippen LogP contribution in [0.5, 0.6) is 0 Å². The molecule has 2 unspecified atom stereocenters. The van der Waals surface area contributed by atoms with E-state index in [1.807, 2.05) is 12.1 Å². The lowest BCUT2D eigenvalue weighted by atomic mass is 10.3. The summed E-state index contributed by atoms with van der Waals surface area (Å²) in [6.45, 7) is 17.0. The Bertz CT molecular complexity index is 758. The molecule has 36 heavy (non-hydrogen) atoms. The summed E-state index contributed by atoms with van der Waals surface area (Å²) in [5.74, 6) is 0. The van der Waals surface area contributed by atoms with Crippen molar-refractivity contribution in [1.29, 1.82) is 0 Å². The van der Waals surface area contributed by atoms with Gasteiger partial charge in [-0.15, -0.1) is 0 Å². The van der Waals surface area contributed by atoms with Crippen molar-refractivity contribution < 1.29 is 38.6 Å². The number of nitrogens with one attached hydrogen (secondary N) is 2. The molecule has 0 fully saturated rings. The molecule has 0 amide bonds. The highest BCUT2D eigenvalue weighted by atomic mass is 31.2. The number of quaternary nitrogens is 2. The highest BCUT2D eigenvalue weighted by Gasteiger charge is 2.06. The largest absolute Gasteiger partial charge is 0.762 e. The lowest BCUT2D eigenvalue weighted by Gasteiger charge is -2.23. The van der Waals surface area contributed by atoms with E-state index >= 15 is 0 Å². The van der Waals surface area contributed by atoms with Gasteiger partial charge in [-0.1, -0.05) is 36.4 Å². The van der Waals surface area contributed by atoms with Crippen LogP contribution in [-0.2, 0) is 18.2 Å². The minimum Gasteiger partial charge on any atom is -0.762 e. The summed E-state index contributed by atoms with van der Waals surface area (Å²) in [6, 6.07) is 17.2. The SMILES string of the molecule is CCOP(=O)([O-])Nc1ccccc1.CCOP(=O)([O-])Nc1ccccc1.CC[NH2+]CC.CC[NH2+]CC. The lowest BCUT2D eigenvalue weighted by Crippen LogP contribution is -2.82. The molecule has 0 spiro atoms. The number of nitrogens with two attached hydrogens (primary N) is 2. The van der Waals surface area contributed by atoms with E-state index in [9.17, 15) is 18.9 Å². The van der Waals surface area contributed by atoms with Gasteiger partial charge in [0.05, 0.1) is 39.4 Å². The van der Waals surface area contributed by atoms with Gasteiger partial charge >= 0.3 is 0 Å². The number of rotatable bonds is 12. The number of hydrogen-bond donors (Lipinski definition) is 4. The van der Waals surface area contributed by atoms with Crippen molar-refractivity contribution in [3.63, 3.8) is 0 Å². The van der Waals surface area contributed by atoms with Crippen LogP contribution in [0.4, 0.5) is 11.4 Å². The summed E-state index contributed by atoms with van der Waals surface area (Å²) in [4.78, 5) is 22.2. The molecule has 0 saturated carbocycles. The number of hydrogen-bond acceptors (Lipinski definition) is 6. The van der Waals surface area contributed by atoms with E-state index in [-0.39, 0.29) is 13.2 Å². The maximum absolute atomic E-state index is 11.1. The zero-order chi connectivity index (χ0) is 27.7. The van der Waals surface area contributed by atoms with Crippen LogP contribution in [0, 0.1) is 0 Å². The number of benzene rings is 2. The topological polar surface area (TPSA) is 156 Å². The fourth-order valence-electron chi connectivity index (χ4n) is 2.32. The molecule has 6 N–H and O–H groups in total. The number of para-hydroxylation sites is 2. The third kappa shape index (κ3) is 24.0. The summed E-state index contributed by atoms with van der Waals surface area (Å²) in [5.41, 5.74) is 1.02. The Morgan fingerprint density at radius 3 is 1.08 bits per heavy atom. The van der Waals surface area contributed by atoms with Crippen LogP contribution < -0.4 is 30.6 Å². The van der Waals surface area contributed by atoms with Gasteiger partial charge < -0.3 is 39.6 Å². The molecule has 208 valence electrons. The fraction of sp³-hybridized carbons (Fsp3) is 0.500. The zero-order valence-electron chi connectivity index (χ0n) is 22.5. The number of anilines is 2. The Kier molecular flexibility index (Phi) is 23.9. The van der Waals surface area contributed by atoms with Crippen molar-refractivity contribution in [3.05, 3.63) is 60.7 Å². The second-order valence-electron chi connectivity index (χ2n) is 7.00.